The predicted molar refractivity (Wildman–Crippen MR) is 237 cm³/mol. The number of hydrogen-bond donors (Lipinski definition) is 0. The van der Waals surface area contributed by atoms with E-state index >= 15 is 0 Å². The highest BCUT2D eigenvalue weighted by atomic mass is 15.0. The Kier molecular flexibility index (Phi) is 7.53. The highest BCUT2D eigenvalue weighted by Gasteiger charge is 2.19. The van der Waals surface area contributed by atoms with Crippen LogP contribution in [-0.4, -0.2) is 9.13 Å². The summed E-state index contributed by atoms with van der Waals surface area (Å²) in [6.07, 6.45) is 0. The first-order valence-electron chi connectivity index (χ1n) is 19.3. The zero-order valence-corrected chi connectivity index (χ0v) is 30.7. The Morgan fingerprint density at radius 3 is 1.38 bits per heavy atom. The molecule has 0 aliphatic heterocycles. The summed E-state index contributed by atoms with van der Waals surface area (Å²) in [7, 11) is 0. The Balaban J connectivity index is 1.14. The van der Waals surface area contributed by atoms with Gasteiger partial charge in [-0.1, -0.05) is 164 Å². The van der Waals surface area contributed by atoms with E-state index in [2.05, 4.69) is 228 Å². The van der Waals surface area contributed by atoms with Crippen LogP contribution in [0.1, 0.15) is 0 Å². The second-order valence-corrected chi connectivity index (χ2v) is 14.6. The summed E-state index contributed by atoms with van der Waals surface area (Å²) < 4.78 is 4.90. The van der Waals surface area contributed by atoms with E-state index in [-0.39, 0.29) is 0 Å². The highest BCUT2D eigenvalue weighted by molar-refractivity contribution is 6.15. The van der Waals surface area contributed by atoms with Gasteiger partial charge in [0.15, 0.2) is 0 Å². The van der Waals surface area contributed by atoms with Crippen LogP contribution in [0.25, 0.3) is 99.5 Å². The number of para-hydroxylation sites is 3. The van der Waals surface area contributed by atoms with Gasteiger partial charge >= 0.3 is 0 Å². The van der Waals surface area contributed by atoms with Gasteiger partial charge in [-0.15, -0.1) is 0 Å². The monoisotopic (exact) mass is 712 g/mol. The van der Waals surface area contributed by atoms with Crippen molar-refractivity contribution in [3.63, 3.8) is 0 Å². The van der Waals surface area contributed by atoms with Crippen molar-refractivity contribution in [2.45, 2.75) is 0 Å². The Bertz CT molecular complexity index is 3170. The smallest absolute Gasteiger partial charge is 0.0619 e. The first-order chi connectivity index (χ1) is 27.8. The Hall–Kier alpha value is -7.42. The number of fused-ring (bicyclic) bond motifs is 6. The number of nitrogens with zero attached hydrogens (tertiary/aromatic N) is 2. The Morgan fingerprint density at radius 1 is 0.232 bits per heavy atom. The molecule has 11 aromatic rings. The molecular weight excluding hydrogens is 677 g/mol. The SMILES string of the molecule is c1ccc(-c2cc(-c3ccccc3)cc(-n3c4ccccc4c4cc(-c5cccc6c7ccccc7n(-c7cccc(-c8ccccc8)c7)c56)ccc43)c2)cc1. The molecule has 2 nitrogen and oxygen atoms in total. The molecule has 0 aliphatic carbocycles. The van der Waals surface area contributed by atoms with Crippen molar-refractivity contribution in [3.05, 3.63) is 218 Å². The van der Waals surface area contributed by atoms with Crippen molar-refractivity contribution in [1.82, 2.24) is 9.13 Å². The van der Waals surface area contributed by atoms with Crippen molar-refractivity contribution in [1.29, 1.82) is 0 Å². The summed E-state index contributed by atoms with van der Waals surface area (Å²) in [5.74, 6) is 0. The molecule has 262 valence electrons. The molecule has 9 aromatic carbocycles. The van der Waals surface area contributed by atoms with Crippen LogP contribution >= 0.6 is 0 Å². The van der Waals surface area contributed by atoms with Crippen LogP contribution in [0.3, 0.4) is 0 Å². The molecule has 11 rings (SSSR count). The molecule has 0 N–H and O–H groups in total. The van der Waals surface area contributed by atoms with Crippen molar-refractivity contribution in [2.24, 2.45) is 0 Å². The van der Waals surface area contributed by atoms with E-state index in [4.69, 9.17) is 0 Å². The maximum absolute atomic E-state index is 2.46. The largest absolute Gasteiger partial charge is 0.309 e. The molecule has 0 unspecified atom stereocenters. The molecule has 0 bridgehead atoms. The normalized spacial score (nSPS) is 11.6. The van der Waals surface area contributed by atoms with Gasteiger partial charge in [0.2, 0.25) is 0 Å². The van der Waals surface area contributed by atoms with E-state index in [0.29, 0.717) is 0 Å². The van der Waals surface area contributed by atoms with Crippen molar-refractivity contribution in [2.75, 3.05) is 0 Å². The standard InChI is InChI=1S/C54H36N2/c1-4-16-37(17-5-1)40-22-14-23-44(33-40)56-52-29-13-10-24-47(52)49-27-15-26-46(54(49)56)41-30-31-53-50(36-41)48-25-11-12-28-51(48)55(53)45-34-42(38-18-6-2-7-19-38)32-43(35-45)39-20-8-3-9-21-39/h1-36H. The van der Waals surface area contributed by atoms with E-state index in [1.54, 1.807) is 0 Å². The molecule has 0 radical (unpaired) electrons. The number of rotatable bonds is 6. The molecular formula is C54H36N2. The average Bonchev–Trinajstić information content (AvgIpc) is 3.80. The van der Waals surface area contributed by atoms with Crippen LogP contribution in [0.2, 0.25) is 0 Å². The van der Waals surface area contributed by atoms with Crippen molar-refractivity contribution in [3.8, 4) is 55.9 Å². The average molecular weight is 713 g/mol. The summed E-state index contributed by atoms with van der Waals surface area (Å²) in [6, 6.07) is 79.5. The summed E-state index contributed by atoms with van der Waals surface area (Å²) in [5, 5.41) is 4.96. The zero-order valence-electron chi connectivity index (χ0n) is 30.7. The maximum Gasteiger partial charge on any atom is 0.0619 e. The fourth-order valence-corrected chi connectivity index (χ4v) is 8.73. The molecule has 0 spiro atoms. The Labute approximate surface area is 325 Å². The van der Waals surface area contributed by atoms with Crippen LogP contribution in [0.15, 0.2) is 218 Å². The van der Waals surface area contributed by atoms with Gasteiger partial charge in [-0.2, -0.15) is 0 Å². The molecule has 0 amide bonds. The fourth-order valence-electron chi connectivity index (χ4n) is 8.73. The summed E-state index contributed by atoms with van der Waals surface area (Å²) in [5.41, 5.74) is 16.7. The lowest BCUT2D eigenvalue weighted by Crippen LogP contribution is -1.97. The van der Waals surface area contributed by atoms with E-state index in [1.807, 2.05) is 0 Å². The van der Waals surface area contributed by atoms with Gasteiger partial charge in [0.1, 0.15) is 0 Å². The third-order valence-electron chi connectivity index (χ3n) is 11.3. The van der Waals surface area contributed by atoms with Crippen LogP contribution in [0.5, 0.6) is 0 Å². The van der Waals surface area contributed by atoms with Crippen molar-refractivity contribution >= 4 is 43.6 Å². The first-order valence-corrected chi connectivity index (χ1v) is 19.3. The lowest BCUT2D eigenvalue weighted by Gasteiger charge is -2.15. The third-order valence-corrected chi connectivity index (χ3v) is 11.3. The van der Waals surface area contributed by atoms with Gasteiger partial charge in [0, 0.05) is 38.5 Å². The maximum atomic E-state index is 2.46. The molecule has 0 saturated heterocycles. The lowest BCUT2D eigenvalue weighted by atomic mass is 9.98. The van der Waals surface area contributed by atoms with Crippen LogP contribution in [-0.2, 0) is 0 Å². The summed E-state index contributed by atoms with van der Waals surface area (Å²) >= 11 is 0. The topological polar surface area (TPSA) is 9.86 Å². The predicted octanol–water partition coefficient (Wildman–Crippen LogP) is 14.5. The Morgan fingerprint density at radius 2 is 0.714 bits per heavy atom. The van der Waals surface area contributed by atoms with Gasteiger partial charge in [-0.25, -0.2) is 0 Å². The zero-order chi connectivity index (χ0) is 37.0. The lowest BCUT2D eigenvalue weighted by molar-refractivity contribution is 1.18. The fraction of sp³-hybridized carbons (Fsp3) is 0. The molecule has 0 fully saturated rings. The molecule has 0 atom stereocenters. The van der Waals surface area contributed by atoms with Gasteiger partial charge < -0.3 is 9.13 Å². The number of aromatic nitrogens is 2. The quantitative estimate of drug-likeness (QED) is 0.162. The second kappa shape index (κ2) is 13.2. The molecule has 56 heavy (non-hydrogen) atoms. The van der Waals surface area contributed by atoms with Gasteiger partial charge in [-0.05, 0) is 93.5 Å². The second-order valence-electron chi connectivity index (χ2n) is 14.6. The number of benzene rings is 9. The first kappa shape index (κ1) is 32.0. The van der Waals surface area contributed by atoms with Gasteiger partial charge in [0.25, 0.3) is 0 Å². The highest BCUT2D eigenvalue weighted by Crippen LogP contribution is 2.42. The van der Waals surface area contributed by atoms with Gasteiger partial charge in [-0.3, -0.25) is 0 Å². The summed E-state index contributed by atoms with van der Waals surface area (Å²) in [6.45, 7) is 0. The molecule has 2 heterocycles. The minimum Gasteiger partial charge on any atom is -0.309 e. The van der Waals surface area contributed by atoms with E-state index in [9.17, 15) is 0 Å². The molecule has 0 aliphatic rings. The summed E-state index contributed by atoms with van der Waals surface area (Å²) in [4.78, 5) is 0. The van der Waals surface area contributed by atoms with Gasteiger partial charge in [0.05, 0.1) is 22.1 Å². The van der Waals surface area contributed by atoms with E-state index < -0.39 is 0 Å². The number of hydrogen-bond acceptors (Lipinski definition) is 0. The molecule has 2 heteroatoms. The van der Waals surface area contributed by atoms with Crippen LogP contribution < -0.4 is 0 Å². The molecule has 0 saturated carbocycles. The molecule has 2 aromatic heterocycles. The van der Waals surface area contributed by atoms with Crippen LogP contribution in [0.4, 0.5) is 0 Å². The van der Waals surface area contributed by atoms with Crippen LogP contribution in [0, 0.1) is 0 Å². The van der Waals surface area contributed by atoms with Crippen molar-refractivity contribution < 1.29 is 0 Å². The van der Waals surface area contributed by atoms with E-state index in [1.165, 1.54) is 88.1 Å². The van der Waals surface area contributed by atoms with E-state index in [0.717, 1.165) is 11.4 Å². The minimum absolute atomic E-state index is 1.14. The minimum atomic E-state index is 1.14. The third kappa shape index (κ3) is 5.26.